The molecule has 0 saturated carbocycles. The van der Waals surface area contributed by atoms with Crippen molar-refractivity contribution in [2.75, 3.05) is 24.6 Å². The number of fused-ring (bicyclic) bond motifs is 1. The van der Waals surface area contributed by atoms with Crippen molar-refractivity contribution in [3.8, 4) is 0 Å². The summed E-state index contributed by atoms with van der Waals surface area (Å²) in [6.45, 7) is 4.50. The lowest BCUT2D eigenvalue weighted by molar-refractivity contribution is 0.0398. The molecule has 4 rings (SSSR count). The molecule has 1 fully saturated rings. The van der Waals surface area contributed by atoms with Crippen molar-refractivity contribution in [1.82, 2.24) is 14.8 Å². The van der Waals surface area contributed by atoms with Crippen molar-refractivity contribution in [2.24, 2.45) is 7.05 Å². The molecule has 0 radical (unpaired) electrons. The smallest absolute Gasteiger partial charge is 0.188 e. The third-order valence-electron chi connectivity index (χ3n) is 4.04. The van der Waals surface area contributed by atoms with Gasteiger partial charge in [-0.15, -0.1) is 0 Å². The average Bonchev–Trinajstić information content (AvgIpc) is 3.11. The van der Waals surface area contributed by atoms with Crippen LogP contribution in [0.2, 0.25) is 0 Å². The van der Waals surface area contributed by atoms with Crippen molar-refractivity contribution < 1.29 is 4.74 Å². The van der Waals surface area contributed by atoms with Gasteiger partial charge in [0.05, 0.1) is 23.5 Å². The second-order valence-corrected chi connectivity index (χ2v) is 6.55. The second kappa shape index (κ2) is 5.37. The summed E-state index contributed by atoms with van der Waals surface area (Å²) >= 11 is 1.72. The zero-order chi connectivity index (χ0) is 15.1. The molecule has 5 nitrogen and oxygen atoms in total. The number of thiazole rings is 1. The molecule has 1 saturated heterocycles. The molecule has 0 amide bonds. The van der Waals surface area contributed by atoms with Crippen LogP contribution in [0.25, 0.3) is 10.3 Å². The topological polar surface area (TPSA) is 43.2 Å². The molecule has 1 aliphatic rings. The molecular formula is C16H18N4OS. The maximum absolute atomic E-state index is 5.94. The Hall–Kier alpha value is -1.92. The lowest BCUT2D eigenvalue weighted by Crippen LogP contribution is -2.38. The monoisotopic (exact) mass is 314 g/mol. The predicted molar refractivity (Wildman–Crippen MR) is 88.5 cm³/mol. The summed E-state index contributed by atoms with van der Waals surface area (Å²) in [5, 5.41) is 5.49. The number of morpholine rings is 1. The number of hydrogen-bond acceptors (Lipinski definition) is 5. The van der Waals surface area contributed by atoms with E-state index in [9.17, 15) is 0 Å². The molecule has 6 heteroatoms. The SMILES string of the molecule is Cc1nn(C)c2nc(N3CCOC(c4ccccc4)C3)sc12. The highest BCUT2D eigenvalue weighted by Crippen LogP contribution is 2.33. The number of nitrogens with zero attached hydrogens (tertiary/aromatic N) is 4. The molecule has 1 aliphatic heterocycles. The standard InChI is InChI=1S/C16H18N4OS/c1-11-14-15(19(2)18-11)17-16(22-14)20-8-9-21-13(10-20)12-6-4-3-5-7-12/h3-7,13H,8-10H2,1-2H3. The van der Waals surface area contributed by atoms with Crippen molar-refractivity contribution in [3.05, 3.63) is 41.6 Å². The fourth-order valence-electron chi connectivity index (χ4n) is 2.90. The van der Waals surface area contributed by atoms with E-state index in [1.807, 2.05) is 24.7 Å². The minimum absolute atomic E-state index is 0.112. The van der Waals surface area contributed by atoms with Gasteiger partial charge in [0.25, 0.3) is 0 Å². The van der Waals surface area contributed by atoms with Crippen LogP contribution in [0.1, 0.15) is 17.4 Å². The van der Waals surface area contributed by atoms with Gasteiger partial charge in [0.1, 0.15) is 6.10 Å². The maximum atomic E-state index is 5.94. The Labute approximate surface area is 133 Å². The van der Waals surface area contributed by atoms with Gasteiger partial charge in [-0.3, -0.25) is 0 Å². The van der Waals surface area contributed by atoms with E-state index in [0.717, 1.165) is 36.2 Å². The van der Waals surface area contributed by atoms with E-state index in [4.69, 9.17) is 9.72 Å². The molecule has 22 heavy (non-hydrogen) atoms. The molecule has 1 unspecified atom stereocenters. The number of anilines is 1. The van der Waals surface area contributed by atoms with E-state index in [0.29, 0.717) is 0 Å². The Bertz CT molecular complexity index is 761. The number of benzene rings is 1. The fraction of sp³-hybridized carbons (Fsp3) is 0.375. The minimum atomic E-state index is 0.112. The Morgan fingerprint density at radius 1 is 1.27 bits per heavy atom. The molecule has 0 bridgehead atoms. The van der Waals surface area contributed by atoms with Crippen molar-refractivity contribution in [3.63, 3.8) is 0 Å². The average molecular weight is 314 g/mol. The van der Waals surface area contributed by atoms with Gasteiger partial charge in [-0.05, 0) is 12.5 Å². The summed E-state index contributed by atoms with van der Waals surface area (Å²) in [4.78, 5) is 7.10. The summed E-state index contributed by atoms with van der Waals surface area (Å²) in [6.07, 6.45) is 0.112. The highest BCUT2D eigenvalue weighted by atomic mass is 32.1. The third-order valence-corrected chi connectivity index (χ3v) is 5.26. The van der Waals surface area contributed by atoms with Gasteiger partial charge in [-0.25, -0.2) is 9.67 Å². The molecule has 3 heterocycles. The summed E-state index contributed by atoms with van der Waals surface area (Å²) < 4.78 is 8.98. The van der Waals surface area contributed by atoms with Crippen LogP contribution in [-0.2, 0) is 11.8 Å². The second-order valence-electron chi connectivity index (χ2n) is 5.57. The Morgan fingerprint density at radius 3 is 2.86 bits per heavy atom. The van der Waals surface area contributed by atoms with E-state index in [1.54, 1.807) is 11.3 Å². The first-order valence-electron chi connectivity index (χ1n) is 7.44. The van der Waals surface area contributed by atoms with Crippen molar-refractivity contribution in [1.29, 1.82) is 0 Å². The van der Waals surface area contributed by atoms with E-state index >= 15 is 0 Å². The Morgan fingerprint density at radius 2 is 2.09 bits per heavy atom. The number of aromatic nitrogens is 3. The molecule has 1 aromatic carbocycles. The molecule has 1 atom stereocenters. The summed E-state index contributed by atoms with van der Waals surface area (Å²) in [5.74, 6) is 0. The molecule has 0 N–H and O–H groups in total. The van der Waals surface area contributed by atoms with E-state index in [-0.39, 0.29) is 6.10 Å². The van der Waals surface area contributed by atoms with Gasteiger partial charge in [-0.1, -0.05) is 41.7 Å². The molecule has 2 aromatic heterocycles. The lowest BCUT2D eigenvalue weighted by Gasteiger charge is -2.32. The van der Waals surface area contributed by atoms with Gasteiger partial charge in [-0.2, -0.15) is 5.10 Å². The van der Waals surface area contributed by atoms with Crippen molar-refractivity contribution in [2.45, 2.75) is 13.0 Å². The van der Waals surface area contributed by atoms with Crippen LogP contribution in [0, 0.1) is 6.92 Å². The van der Waals surface area contributed by atoms with E-state index < -0.39 is 0 Å². The molecular weight excluding hydrogens is 296 g/mol. The quantitative estimate of drug-likeness (QED) is 0.729. The summed E-state index contributed by atoms with van der Waals surface area (Å²) in [7, 11) is 1.95. The summed E-state index contributed by atoms with van der Waals surface area (Å²) in [6, 6.07) is 10.4. The van der Waals surface area contributed by atoms with Gasteiger partial charge < -0.3 is 9.64 Å². The number of aryl methyl sites for hydroxylation is 2. The first-order valence-corrected chi connectivity index (χ1v) is 8.25. The first kappa shape index (κ1) is 13.7. The normalized spacial score (nSPS) is 19.0. The Kier molecular flexibility index (Phi) is 3.35. The Balaban J connectivity index is 1.62. The lowest BCUT2D eigenvalue weighted by atomic mass is 10.1. The van der Waals surface area contributed by atoms with Crippen LogP contribution in [0.5, 0.6) is 0 Å². The van der Waals surface area contributed by atoms with Gasteiger partial charge in [0, 0.05) is 13.6 Å². The molecule has 0 aliphatic carbocycles. The molecule has 0 spiro atoms. The number of ether oxygens (including phenoxy) is 1. The van der Waals surface area contributed by atoms with Crippen LogP contribution < -0.4 is 4.90 Å². The van der Waals surface area contributed by atoms with Crippen LogP contribution >= 0.6 is 11.3 Å². The molecule has 3 aromatic rings. The largest absolute Gasteiger partial charge is 0.370 e. The zero-order valence-electron chi connectivity index (χ0n) is 12.7. The highest BCUT2D eigenvalue weighted by Gasteiger charge is 2.25. The minimum Gasteiger partial charge on any atom is -0.370 e. The van der Waals surface area contributed by atoms with Gasteiger partial charge >= 0.3 is 0 Å². The van der Waals surface area contributed by atoms with E-state index in [2.05, 4.69) is 34.3 Å². The highest BCUT2D eigenvalue weighted by molar-refractivity contribution is 7.22. The van der Waals surface area contributed by atoms with Crippen LogP contribution in [0.15, 0.2) is 30.3 Å². The number of hydrogen-bond donors (Lipinski definition) is 0. The van der Waals surface area contributed by atoms with Crippen LogP contribution in [-0.4, -0.2) is 34.5 Å². The zero-order valence-corrected chi connectivity index (χ0v) is 13.5. The van der Waals surface area contributed by atoms with Gasteiger partial charge in [0.15, 0.2) is 10.8 Å². The number of rotatable bonds is 2. The van der Waals surface area contributed by atoms with Crippen molar-refractivity contribution >= 4 is 26.8 Å². The summed E-state index contributed by atoms with van der Waals surface area (Å²) in [5.41, 5.74) is 3.25. The third kappa shape index (κ3) is 2.28. The predicted octanol–water partition coefficient (Wildman–Crippen LogP) is 2.92. The first-order chi connectivity index (χ1) is 10.7. The van der Waals surface area contributed by atoms with E-state index in [1.165, 1.54) is 10.3 Å². The molecule has 114 valence electrons. The van der Waals surface area contributed by atoms with Gasteiger partial charge in [0.2, 0.25) is 0 Å². The fourth-order valence-corrected chi connectivity index (χ4v) is 3.97. The van der Waals surface area contributed by atoms with Crippen LogP contribution in [0.4, 0.5) is 5.13 Å². The maximum Gasteiger partial charge on any atom is 0.188 e. The van der Waals surface area contributed by atoms with Crippen LogP contribution in [0.3, 0.4) is 0 Å².